The van der Waals surface area contributed by atoms with Gasteiger partial charge in [0.25, 0.3) is 0 Å². The van der Waals surface area contributed by atoms with Gasteiger partial charge in [-0.1, -0.05) is 87.5 Å². The van der Waals surface area contributed by atoms with Crippen LogP contribution in [0.25, 0.3) is 11.1 Å². The summed E-state index contributed by atoms with van der Waals surface area (Å²) in [4.78, 5) is 2.79. The van der Waals surface area contributed by atoms with E-state index in [1.54, 1.807) is 0 Å². The van der Waals surface area contributed by atoms with Crippen LogP contribution in [0, 0.1) is 0 Å². The lowest BCUT2D eigenvalue weighted by molar-refractivity contribution is 0.604. The smallest absolute Gasteiger partial charge is 0.0409 e. The van der Waals surface area contributed by atoms with E-state index in [2.05, 4.69) is 76.2 Å². The lowest BCUT2D eigenvalue weighted by atomic mass is 9.75. The highest BCUT2D eigenvalue weighted by Crippen LogP contribution is 2.58. The van der Waals surface area contributed by atoms with Gasteiger partial charge in [-0.25, -0.2) is 0 Å². The molecular formula is C24H21ClS. The predicted octanol–water partition coefficient (Wildman–Crippen LogP) is 7.44. The number of rotatable bonds is 0. The SMILES string of the molecule is CC1(C)c2ccccc2Sc2c1ccc1c2-c2ccc(Cl)cc2C1(C)C. The quantitative estimate of drug-likeness (QED) is 0.393. The number of halogens is 1. The molecule has 3 aromatic rings. The van der Waals surface area contributed by atoms with Crippen molar-refractivity contribution >= 4 is 23.4 Å². The monoisotopic (exact) mass is 376 g/mol. The van der Waals surface area contributed by atoms with E-state index in [0.29, 0.717) is 0 Å². The van der Waals surface area contributed by atoms with Crippen LogP contribution in [0.5, 0.6) is 0 Å². The van der Waals surface area contributed by atoms with Gasteiger partial charge in [0.2, 0.25) is 0 Å². The maximum Gasteiger partial charge on any atom is 0.0409 e. The second-order valence-electron chi connectivity index (χ2n) is 8.40. The average molecular weight is 377 g/mol. The fourth-order valence-corrected chi connectivity index (χ4v) is 6.42. The van der Waals surface area contributed by atoms with Crippen LogP contribution >= 0.6 is 23.4 Å². The molecule has 0 spiro atoms. The molecule has 0 bridgehead atoms. The molecule has 1 aliphatic carbocycles. The van der Waals surface area contributed by atoms with Crippen LogP contribution in [-0.2, 0) is 10.8 Å². The summed E-state index contributed by atoms with van der Waals surface area (Å²) in [5, 5.41) is 0.817. The molecule has 0 unspecified atom stereocenters. The third-order valence-corrected chi connectivity index (χ3v) is 7.64. The standard InChI is InChI=1S/C24H21ClS/c1-23(2)16-7-5-6-8-20(16)26-22-18(23)12-11-17-21(22)15-10-9-14(25)13-19(15)24(17,3)4/h5-13H,1-4H3. The van der Waals surface area contributed by atoms with Gasteiger partial charge in [-0.05, 0) is 46.0 Å². The minimum Gasteiger partial charge on any atom is -0.0888 e. The second kappa shape index (κ2) is 5.18. The molecule has 2 aliphatic rings. The summed E-state index contributed by atoms with van der Waals surface area (Å²) in [7, 11) is 0. The van der Waals surface area contributed by atoms with Crippen LogP contribution in [0.3, 0.4) is 0 Å². The molecule has 3 aromatic carbocycles. The van der Waals surface area contributed by atoms with Crippen molar-refractivity contribution in [2.24, 2.45) is 0 Å². The second-order valence-corrected chi connectivity index (χ2v) is 9.89. The lowest BCUT2D eigenvalue weighted by Crippen LogP contribution is -2.24. The fraction of sp³-hybridized carbons (Fsp3) is 0.250. The number of benzene rings is 3. The van der Waals surface area contributed by atoms with E-state index >= 15 is 0 Å². The maximum atomic E-state index is 6.34. The molecule has 5 rings (SSSR count). The molecule has 0 radical (unpaired) electrons. The Balaban J connectivity index is 1.85. The van der Waals surface area contributed by atoms with E-state index in [-0.39, 0.29) is 10.8 Å². The Morgan fingerprint density at radius 1 is 0.731 bits per heavy atom. The van der Waals surface area contributed by atoms with Gasteiger partial charge in [0.1, 0.15) is 0 Å². The summed E-state index contributed by atoms with van der Waals surface area (Å²) in [6.07, 6.45) is 0. The minimum absolute atomic E-state index is 0.00548. The molecule has 0 atom stereocenters. The first-order valence-corrected chi connectivity index (χ1v) is 10.3. The lowest BCUT2D eigenvalue weighted by Gasteiger charge is -2.36. The molecule has 130 valence electrons. The number of hydrogen-bond acceptors (Lipinski definition) is 1. The van der Waals surface area contributed by atoms with Crippen molar-refractivity contribution in [2.75, 3.05) is 0 Å². The van der Waals surface area contributed by atoms with Crippen molar-refractivity contribution in [3.05, 3.63) is 81.9 Å². The predicted molar refractivity (Wildman–Crippen MR) is 112 cm³/mol. The molecule has 0 N–H and O–H groups in total. The van der Waals surface area contributed by atoms with E-state index in [0.717, 1.165) is 5.02 Å². The number of hydrogen-bond donors (Lipinski definition) is 0. The molecule has 2 heteroatoms. The van der Waals surface area contributed by atoms with Gasteiger partial charge in [0.15, 0.2) is 0 Å². The van der Waals surface area contributed by atoms with Crippen molar-refractivity contribution in [2.45, 2.75) is 48.3 Å². The van der Waals surface area contributed by atoms with Crippen LogP contribution in [0.2, 0.25) is 5.02 Å². The van der Waals surface area contributed by atoms with Gasteiger partial charge >= 0.3 is 0 Å². The summed E-state index contributed by atoms with van der Waals surface area (Å²) in [6.45, 7) is 9.32. The summed E-state index contributed by atoms with van der Waals surface area (Å²) in [6, 6.07) is 19.9. The molecule has 0 amide bonds. The van der Waals surface area contributed by atoms with Gasteiger partial charge in [0, 0.05) is 31.2 Å². The Morgan fingerprint density at radius 2 is 1.42 bits per heavy atom. The summed E-state index contributed by atoms with van der Waals surface area (Å²) < 4.78 is 0. The van der Waals surface area contributed by atoms with Crippen LogP contribution in [-0.4, -0.2) is 0 Å². The van der Waals surface area contributed by atoms with Crippen molar-refractivity contribution < 1.29 is 0 Å². The molecule has 0 saturated carbocycles. The van der Waals surface area contributed by atoms with Gasteiger partial charge < -0.3 is 0 Å². The van der Waals surface area contributed by atoms with Gasteiger partial charge in [-0.3, -0.25) is 0 Å². The van der Waals surface area contributed by atoms with Crippen LogP contribution < -0.4 is 0 Å². The van der Waals surface area contributed by atoms with Gasteiger partial charge in [-0.2, -0.15) is 0 Å². The average Bonchev–Trinajstić information content (AvgIpc) is 2.83. The first kappa shape index (κ1) is 16.5. The van der Waals surface area contributed by atoms with Crippen molar-refractivity contribution in [3.8, 4) is 11.1 Å². The zero-order chi connectivity index (χ0) is 18.3. The summed E-state index contributed by atoms with van der Waals surface area (Å²) >= 11 is 8.27. The highest BCUT2D eigenvalue weighted by molar-refractivity contribution is 7.99. The Kier molecular flexibility index (Phi) is 3.28. The van der Waals surface area contributed by atoms with Crippen molar-refractivity contribution in [1.29, 1.82) is 0 Å². The molecule has 1 heterocycles. The molecule has 0 saturated heterocycles. The van der Waals surface area contributed by atoms with E-state index in [1.165, 1.54) is 43.2 Å². The van der Waals surface area contributed by atoms with Crippen LogP contribution in [0.15, 0.2) is 64.4 Å². The number of fused-ring (bicyclic) bond motifs is 6. The van der Waals surface area contributed by atoms with Crippen LogP contribution in [0.4, 0.5) is 0 Å². The highest BCUT2D eigenvalue weighted by atomic mass is 35.5. The molecule has 1 aliphatic heterocycles. The van der Waals surface area contributed by atoms with Gasteiger partial charge in [0.05, 0.1) is 0 Å². The van der Waals surface area contributed by atoms with Gasteiger partial charge in [-0.15, -0.1) is 0 Å². The fourth-order valence-electron chi connectivity index (χ4n) is 4.69. The van der Waals surface area contributed by atoms with Crippen LogP contribution in [0.1, 0.15) is 49.9 Å². The minimum atomic E-state index is -0.0216. The molecule has 0 nitrogen and oxygen atoms in total. The first-order chi connectivity index (χ1) is 12.3. The Bertz CT molecular complexity index is 1080. The topological polar surface area (TPSA) is 0 Å². The zero-order valence-electron chi connectivity index (χ0n) is 15.5. The van der Waals surface area contributed by atoms with Crippen molar-refractivity contribution in [3.63, 3.8) is 0 Å². The molecular weight excluding hydrogens is 356 g/mol. The first-order valence-electron chi connectivity index (χ1n) is 9.07. The third-order valence-electron chi connectivity index (χ3n) is 6.20. The zero-order valence-corrected chi connectivity index (χ0v) is 17.1. The molecule has 0 aromatic heterocycles. The molecule has 26 heavy (non-hydrogen) atoms. The van der Waals surface area contributed by atoms with E-state index in [9.17, 15) is 0 Å². The Morgan fingerprint density at radius 3 is 2.23 bits per heavy atom. The summed E-state index contributed by atoms with van der Waals surface area (Å²) in [5.74, 6) is 0. The highest BCUT2D eigenvalue weighted by Gasteiger charge is 2.41. The Hall–Kier alpha value is -1.70. The Labute approximate surface area is 164 Å². The normalized spacial score (nSPS) is 17.9. The third kappa shape index (κ3) is 1.99. The largest absolute Gasteiger partial charge is 0.0888 e. The van der Waals surface area contributed by atoms with Crippen molar-refractivity contribution in [1.82, 2.24) is 0 Å². The molecule has 0 fully saturated rings. The van der Waals surface area contributed by atoms with E-state index in [1.807, 2.05) is 17.8 Å². The van der Waals surface area contributed by atoms with E-state index in [4.69, 9.17) is 11.6 Å². The van der Waals surface area contributed by atoms with E-state index < -0.39 is 0 Å². The maximum absolute atomic E-state index is 6.34. The summed E-state index contributed by atoms with van der Waals surface area (Å²) in [5.41, 5.74) is 8.34.